The van der Waals surface area contributed by atoms with Gasteiger partial charge in [0.15, 0.2) is 0 Å². The molecule has 4 atom stereocenters. The van der Waals surface area contributed by atoms with E-state index in [1.165, 1.54) is 42.7 Å². The van der Waals surface area contributed by atoms with Gasteiger partial charge in [-0.1, -0.05) is 24.6 Å². The van der Waals surface area contributed by atoms with E-state index in [2.05, 4.69) is 44.7 Å². The molecule has 0 unspecified atom stereocenters. The van der Waals surface area contributed by atoms with Crippen LogP contribution in [0.5, 0.6) is 5.75 Å². The molecule has 4 aliphatic rings. The molecular formula is C23H25O. The summed E-state index contributed by atoms with van der Waals surface area (Å²) in [5.41, 5.74) is 4.87. The van der Waals surface area contributed by atoms with Gasteiger partial charge >= 0.3 is 0 Å². The van der Waals surface area contributed by atoms with Gasteiger partial charge in [0.25, 0.3) is 0 Å². The molecule has 5 rings (SSSR count). The van der Waals surface area contributed by atoms with Crippen molar-refractivity contribution in [3.8, 4) is 5.75 Å². The highest BCUT2D eigenvalue weighted by Gasteiger charge is 2.53. The molecular weight excluding hydrogens is 292 g/mol. The molecule has 1 aromatic rings. The van der Waals surface area contributed by atoms with Gasteiger partial charge in [0, 0.05) is 5.92 Å². The van der Waals surface area contributed by atoms with Gasteiger partial charge in [-0.3, -0.25) is 0 Å². The van der Waals surface area contributed by atoms with Crippen molar-refractivity contribution < 1.29 is 5.11 Å². The maximum Gasteiger partial charge on any atom is 0.115 e. The third-order valence-electron chi connectivity index (χ3n) is 7.26. The lowest BCUT2D eigenvalue weighted by atomic mass is 9.53. The lowest BCUT2D eigenvalue weighted by Gasteiger charge is -2.51. The quantitative estimate of drug-likeness (QED) is 0.755. The number of allylic oxidation sites excluding steroid dienone is 2. The van der Waals surface area contributed by atoms with Crippen LogP contribution >= 0.6 is 0 Å². The van der Waals surface area contributed by atoms with E-state index >= 15 is 0 Å². The highest BCUT2D eigenvalue weighted by atomic mass is 16.3. The molecule has 0 heterocycles. The molecule has 24 heavy (non-hydrogen) atoms. The van der Waals surface area contributed by atoms with Gasteiger partial charge in [0.05, 0.1) is 0 Å². The number of hydrogen-bond donors (Lipinski definition) is 1. The normalized spacial score (nSPS) is 38.4. The van der Waals surface area contributed by atoms with E-state index in [-0.39, 0.29) is 0 Å². The van der Waals surface area contributed by atoms with Crippen LogP contribution < -0.4 is 0 Å². The van der Waals surface area contributed by atoms with Gasteiger partial charge in [0.2, 0.25) is 0 Å². The summed E-state index contributed by atoms with van der Waals surface area (Å²) in [6.07, 6.45) is 17.7. The number of phenolic OH excluding ortho intramolecular Hbond substituents is 1. The zero-order chi connectivity index (χ0) is 16.3. The van der Waals surface area contributed by atoms with Crippen molar-refractivity contribution in [1.82, 2.24) is 0 Å². The third-order valence-corrected chi connectivity index (χ3v) is 7.26. The molecule has 0 amide bonds. The number of aryl methyl sites for hydroxylation is 1. The Bertz CT molecular complexity index is 681. The summed E-state index contributed by atoms with van der Waals surface area (Å²) in [6, 6.07) is 6.09. The second-order valence-corrected chi connectivity index (χ2v) is 8.28. The molecule has 123 valence electrons. The topological polar surface area (TPSA) is 20.2 Å². The van der Waals surface area contributed by atoms with Crippen molar-refractivity contribution in [3.05, 3.63) is 72.6 Å². The molecule has 0 aliphatic heterocycles. The Morgan fingerprint density at radius 3 is 2.79 bits per heavy atom. The summed E-state index contributed by atoms with van der Waals surface area (Å²) in [4.78, 5) is 0. The van der Waals surface area contributed by atoms with Gasteiger partial charge < -0.3 is 5.11 Å². The molecule has 0 bridgehead atoms. The molecule has 0 aromatic heterocycles. The van der Waals surface area contributed by atoms with Crippen molar-refractivity contribution in [2.24, 2.45) is 17.3 Å². The van der Waals surface area contributed by atoms with Crippen molar-refractivity contribution >= 4 is 0 Å². The van der Waals surface area contributed by atoms with Gasteiger partial charge in [0.1, 0.15) is 5.75 Å². The summed E-state index contributed by atoms with van der Waals surface area (Å²) < 4.78 is 0. The fourth-order valence-corrected chi connectivity index (χ4v) is 6.14. The van der Waals surface area contributed by atoms with Crippen LogP contribution in [-0.4, -0.2) is 5.11 Å². The maximum absolute atomic E-state index is 9.81. The van der Waals surface area contributed by atoms with Crippen LogP contribution in [0.15, 0.2) is 29.8 Å². The minimum atomic E-state index is 0.351. The Balaban J connectivity index is 1.46. The Hall–Kier alpha value is -1.24. The fourth-order valence-electron chi connectivity index (χ4n) is 6.14. The monoisotopic (exact) mass is 317 g/mol. The summed E-state index contributed by atoms with van der Waals surface area (Å²) in [7, 11) is 0. The first-order valence-corrected chi connectivity index (χ1v) is 9.41. The predicted octanol–water partition coefficient (Wildman–Crippen LogP) is 5.19. The molecule has 1 nitrogen and oxygen atoms in total. The van der Waals surface area contributed by atoms with Crippen LogP contribution in [0.4, 0.5) is 0 Å². The lowest BCUT2D eigenvalue weighted by molar-refractivity contribution is 0.0755. The largest absolute Gasteiger partial charge is 0.508 e. The zero-order valence-electron chi connectivity index (χ0n) is 14.3. The molecule has 2 fully saturated rings. The van der Waals surface area contributed by atoms with E-state index in [4.69, 9.17) is 0 Å². The standard InChI is InChI=1S/C23H25O/c1-23-13-12-19-18-9-7-17(24)14-16(18)6-8-20(19)22(23)11-10-21(23)15-4-2-3-5-15/h2-5,7,9-10,14,19-20,22,24H,6,8,11-13H2,1H3/t19-,20-,22+,23-/m1/s1. The van der Waals surface area contributed by atoms with Crippen molar-refractivity contribution in [1.29, 1.82) is 0 Å². The molecule has 1 aromatic carbocycles. The fraction of sp³-hybridized carbons (Fsp3) is 0.435. The second kappa shape index (κ2) is 5.38. The van der Waals surface area contributed by atoms with E-state index in [0.717, 1.165) is 18.3 Å². The highest BCUT2D eigenvalue weighted by Crippen LogP contribution is 2.63. The molecule has 4 aliphatic carbocycles. The van der Waals surface area contributed by atoms with Gasteiger partial charge in [-0.25, -0.2) is 0 Å². The molecule has 5 radical (unpaired) electrons. The van der Waals surface area contributed by atoms with Crippen LogP contribution in [-0.2, 0) is 6.42 Å². The second-order valence-electron chi connectivity index (χ2n) is 8.28. The maximum atomic E-state index is 9.81. The molecule has 1 N–H and O–H groups in total. The SMILES string of the molecule is C[C@]12CC[C@@H]3c4ccc(O)cc4CC[C@H]3[C@@H]1CC=C2[C]1[CH][CH][CH][CH]1. The van der Waals surface area contributed by atoms with Crippen LogP contribution in [0.1, 0.15) is 49.7 Å². The smallest absolute Gasteiger partial charge is 0.115 e. The summed E-state index contributed by atoms with van der Waals surface area (Å²) >= 11 is 0. The Morgan fingerprint density at radius 1 is 1.12 bits per heavy atom. The van der Waals surface area contributed by atoms with Crippen molar-refractivity contribution in [2.45, 2.75) is 44.9 Å². The molecule has 2 saturated carbocycles. The number of benzene rings is 1. The van der Waals surface area contributed by atoms with E-state index in [1.54, 1.807) is 5.57 Å². The molecule has 0 spiro atoms. The van der Waals surface area contributed by atoms with E-state index < -0.39 is 0 Å². The highest BCUT2D eigenvalue weighted by molar-refractivity contribution is 5.53. The average Bonchev–Trinajstić information content (AvgIpc) is 3.20. The van der Waals surface area contributed by atoms with Crippen molar-refractivity contribution in [2.75, 3.05) is 0 Å². The number of aromatic hydroxyl groups is 1. The zero-order valence-corrected chi connectivity index (χ0v) is 14.3. The van der Waals surface area contributed by atoms with E-state index in [0.29, 0.717) is 17.1 Å². The molecule has 1 heteroatoms. The predicted molar refractivity (Wildman–Crippen MR) is 96.6 cm³/mol. The summed E-state index contributed by atoms with van der Waals surface area (Å²) in [6.45, 7) is 2.52. The first kappa shape index (κ1) is 15.0. The van der Waals surface area contributed by atoms with Crippen LogP contribution in [0.3, 0.4) is 0 Å². The van der Waals surface area contributed by atoms with E-state index in [1.807, 2.05) is 12.1 Å². The minimum Gasteiger partial charge on any atom is -0.508 e. The third kappa shape index (κ3) is 2.06. The number of hydrogen-bond acceptors (Lipinski definition) is 1. The minimum absolute atomic E-state index is 0.351. The summed E-state index contributed by atoms with van der Waals surface area (Å²) in [5.74, 6) is 4.14. The van der Waals surface area contributed by atoms with Gasteiger partial charge in [-0.05, 0) is 104 Å². The average molecular weight is 317 g/mol. The number of phenols is 1. The van der Waals surface area contributed by atoms with Crippen molar-refractivity contribution in [3.63, 3.8) is 0 Å². The van der Waals surface area contributed by atoms with Crippen LogP contribution in [0, 0.1) is 48.9 Å². The van der Waals surface area contributed by atoms with Crippen LogP contribution in [0.25, 0.3) is 0 Å². The number of fused-ring (bicyclic) bond motifs is 5. The van der Waals surface area contributed by atoms with Gasteiger partial charge in [-0.15, -0.1) is 0 Å². The first-order chi connectivity index (χ1) is 11.7. The van der Waals surface area contributed by atoms with E-state index in [9.17, 15) is 5.11 Å². The Morgan fingerprint density at radius 2 is 1.96 bits per heavy atom. The number of rotatable bonds is 1. The Labute approximate surface area is 146 Å². The molecule has 0 saturated heterocycles. The lowest BCUT2D eigenvalue weighted by Crippen LogP contribution is -2.41. The summed E-state index contributed by atoms with van der Waals surface area (Å²) in [5, 5.41) is 9.81. The van der Waals surface area contributed by atoms with Crippen LogP contribution in [0.2, 0.25) is 0 Å². The van der Waals surface area contributed by atoms with Gasteiger partial charge in [-0.2, -0.15) is 0 Å². The Kier molecular flexibility index (Phi) is 3.37. The first-order valence-electron chi connectivity index (χ1n) is 9.41.